The summed E-state index contributed by atoms with van der Waals surface area (Å²) >= 11 is 0. The van der Waals surface area contributed by atoms with Crippen molar-refractivity contribution in [2.24, 2.45) is 0 Å². The van der Waals surface area contributed by atoms with Crippen LogP contribution >= 0.6 is 0 Å². The molecule has 0 amide bonds. The molecule has 0 fully saturated rings. The van der Waals surface area contributed by atoms with Crippen molar-refractivity contribution in [2.45, 2.75) is 5.03 Å². The first kappa shape index (κ1) is 9.59. The lowest BCUT2D eigenvalue weighted by Crippen LogP contribution is -2.08. The molecule has 1 heterocycles. The maximum Gasteiger partial charge on any atom is 0.221 e. The molecule has 0 aliphatic heterocycles. The molecule has 0 spiro atoms. The van der Waals surface area contributed by atoms with Gasteiger partial charge in [0.05, 0.1) is 5.56 Å². The molecule has 2 N–H and O–H groups in total. The molecule has 1 aromatic heterocycles. The first-order chi connectivity index (χ1) is 5.95. The van der Waals surface area contributed by atoms with Gasteiger partial charge in [0.2, 0.25) is 5.95 Å². The van der Waals surface area contributed by atoms with Gasteiger partial charge >= 0.3 is 0 Å². The van der Waals surface area contributed by atoms with Crippen LogP contribution in [0, 0.1) is 0 Å². The fraction of sp³-hybridized carbons (Fsp3) is 0.167. The Morgan fingerprint density at radius 3 is 2.62 bits per heavy atom. The molecule has 1 aromatic rings. The normalized spacial score (nSPS) is 11.2. The number of aromatic nitrogens is 2. The predicted octanol–water partition coefficient (Wildman–Crippen LogP) is -0.725. The topological polar surface area (TPSA) is 103 Å². The number of anilines is 1. The molecule has 0 atom stereocenters. The van der Waals surface area contributed by atoms with Crippen LogP contribution in [0.2, 0.25) is 0 Å². The lowest BCUT2D eigenvalue weighted by atomic mass is 10.4. The predicted molar refractivity (Wildman–Crippen MR) is 44.9 cm³/mol. The number of carbonyl (C=O) groups excluding carboxylic acids is 1. The molecular weight excluding hydrogens is 194 g/mol. The molecular formula is C6H7N3O3S. The van der Waals surface area contributed by atoms with Gasteiger partial charge in [-0.05, 0) is 0 Å². The number of carbonyl (C=O) groups is 1. The molecule has 0 radical (unpaired) electrons. The highest BCUT2D eigenvalue weighted by Gasteiger charge is 2.15. The Morgan fingerprint density at radius 1 is 1.54 bits per heavy atom. The summed E-state index contributed by atoms with van der Waals surface area (Å²) in [5.74, 6) is -0.175. The van der Waals surface area contributed by atoms with E-state index in [1.807, 2.05) is 0 Å². The van der Waals surface area contributed by atoms with Gasteiger partial charge in [0.1, 0.15) is 0 Å². The smallest absolute Gasteiger partial charge is 0.221 e. The summed E-state index contributed by atoms with van der Waals surface area (Å²) in [5.41, 5.74) is 5.09. The van der Waals surface area contributed by atoms with Gasteiger partial charge in [-0.1, -0.05) is 0 Å². The third kappa shape index (κ3) is 2.00. The maximum absolute atomic E-state index is 11.1. The van der Waals surface area contributed by atoms with E-state index in [-0.39, 0.29) is 16.5 Å². The van der Waals surface area contributed by atoms with Crippen molar-refractivity contribution in [1.82, 2.24) is 9.97 Å². The molecule has 0 saturated carbocycles. The van der Waals surface area contributed by atoms with Gasteiger partial charge in [-0.2, -0.15) is 0 Å². The zero-order chi connectivity index (χ0) is 10.1. The van der Waals surface area contributed by atoms with Crippen LogP contribution in [0.4, 0.5) is 5.95 Å². The molecule has 70 valence electrons. The number of rotatable bonds is 2. The summed E-state index contributed by atoms with van der Waals surface area (Å²) in [6.07, 6.45) is 2.39. The van der Waals surface area contributed by atoms with Crippen molar-refractivity contribution in [3.63, 3.8) is 0 Å². The molecule has 7 heteroatoms. The largest absolute Gasteiger partial charge is 0.368 e. The first-order valence-electron chi connectivity index (χ1n) is 3.23. The molecule has 0 aliphatic carbocycles. The molecule has 0 unspecified atom stereocenters. The van der Waals surface area contributed by atoms with Crippen molar-refractivity contribution in [3.05, 3.63) is 11.8 Å². The van der Waals surface area contributed by atoms with Gasteiger partial charge in [-0.3, -0.25) is 4.79 Å². The van der Waals surface area contributed by atoms with E-state index in [2.05, 4.69) is 9.97 Å². The standard InChI is InChI=1S/C6H7N3O3S/c1-13(11,12)5-4(3-10)2-8-6(7)9-5/h2-3H,1H3,(H2,7,8,9). The summed E-state index contributed by atoms with van der Waals surface area (Å²) in [6, 6.07) is 0. The third-order valence-corrected chi connectivity index (χ3v) is 2.31. The Kier molecular flexibility index (Phi) is 2.28. The van der Waals surface area contributed by atoms with Crippen LogP contribution in [0.5, 0.6) is 0 Å². The van der Waals surface area contributed by atoms with Crippen LogP contribution in [0.3, 0.4) is 0 Å². The summed E-state index contributed by atoms with van der Waals surface area (Å²) in [5, 5.41) is -0.338. The van der Waals surface area contributed by atoms with E-state index in [0.717, 1.165) is 12.5 Å². The Bertz CT molecular complexity index is 440. The number of nitrogens with two attached hydrogens (primary N) is 1. The average molecular weight is 201 g/mol. The second-order valence-electron chi connectivity index (χ2n) is 2.38. The highest BCUT2D eigenvalue weighted by molar-refractivity contribution is 7.90. The van der Waals surface area contributed by atoms with Crippen molar-refractivity contribution >= 4 is 22.1 Å². The highest BCUT2D eigenvalue weighted by Crippen LogP contribution is 2.10. The van der Waals surface area contributed by atoms with Crippen molar-refractivity contribution < 1.29 is 13.2 Å². The average Bonchev–Trinajstić information content (AvgIpc) is 2.03. The minimum atomic E-state index is -3.53. The Labute approximate surface area is 74.7 Å². The van der Waals surface area contributed by atoms with Crippen molar-refractivity contribution in [1.29, 1.82) is 0 Å². The molecule has 6 nitrogen and oxygen atoms in total. The third-order valence-electron chi connectivity index (χ3n) is 1.28. The Morgan fingerprint density at radius 2 is 2.15 bits per heavy atom. The molecule has 0 saturated heterocycles. The van der Waals surface area contributed by atoms with Crippen molar-refractivity contribution in [3.8, 4) is 0 Å². The van der Waals surface area contributed by atoms with Gasteiger partial charge in [0, 0.05) is 12.5 Å². The Hall–Kier alpha value is -1.50. The maximum atomic E-state index is 11.1. The first-order valence-corrected chi connectivity index (χ1v) is 5.12. The zero-order valence-electron chi connectivity index (χ0n) is 6.76. The quantitative estimate of drug-likeness (QED) is 0.500. The zero-order valence-corrected chi connectivity index (χ0v) is 7.58. The summed E-state index contributed by atoms with van der Waals surface area (Å²) < 4.78 is 22.1. The lowest BCUT2D eigenvalue weighted by molar-refractivity contribution is 0.111. The van der Waals surface area contributed by atoms with E-state index in [4.69, 9.17) is 5.73 Å². The number of hydrogen-bond acceptors (Lipinski definition) is 6. The van der Waals surface area contributed by atoms with Crippen LogP contribution in [-0.4, -0.2) is 30.9 Å². The number of aldehydes is 1. The second-order valence-corrected chi connectivity index (χ2v) is 4.31. The molecule has 0 aliphatic rings. The van der Waals surface area contributed by atoms with E-state index < -0.39 is 9.84 Å². The van der Waals surface area contributed by atoms with Crippen LogP contribution in [0.25, 0.3) is 0 Å². The van der Waals surface area contributed by atoms with Crippen LogP contribution in [0.1, 0.15) is 10.4 Å². The minimum Gasteiger partial charge on any atom is -0.368 e. The van der Waals surface area contributed by atoms with E-state index in [1.165, 1.54) is 0 Å². The fourth-order valence-electron chi connectivity index (χ4n) is 0.766. The number of hydrogen-bond donors (Lipinski definition) is 1. The SMILES string of the molecule is CS(=O)(=O)c1nc(N)ncc1C=O. The summed E-state index contributed by atoms with van der Waals surface area (Å²) in [4.78, 5) is 17.4. The van der Waals surface area contributed by atoms with E-state index in [9.17, 15) is 13.2 Å². The fourth-order valence-corrected chi connectivity index (χ4v) is 1.55. The molecule has 0 bridgehead atoms. The van der Waals surface area contributed by atoms with E-state index in [1.54, 1.807) is 0 Å². The molecule has 13 heavy (non-hydrogen) atoms. The molecule has 0 aromatic carbocycles. The Balaban J connectivity index is 3.50. The summed E-state index contributed by atoms with van der Waals surface area (Å²) in [7, 11) is -3.53. The number of nitrogens with zero attached hydrogens (tertiary/aromatic N) is 2. The van der Waals surface area contributed by atoms with Crippen LogP contribution in [-0.2, 0) is 9.84 Å². The van der Waals surface area contributed by atoms with Gasteiger partial charge in [-0.25, -0.2) is 18.4 Å². The van der Waals surface area contributed by atoms with Crippen molar-refractivity contribution in [2.75, 3.05) is 12.0 Å². The van der Waals surface area contributed by atoms with Gasteiger partial charge in [-0.15, -0.1) is 0 Å². The van der Waals surface area contributed by atoms with E-state index >= 15 is 0 Å². The lowest BCUT2D eigenvalue weighted by Gasteiger charge is -2.00. The number of sulfone groups is 1. The second kappa shape index (κ2) is 3.09. The van der Waals surface area contributed by atoms with Gasteiger partial charge in [0.25, 0.3) is 0 Å². The highest BCUT2D eigenvalue weighted by atomic mass is 32.2. The van der Waals surface area contributed by atoms with E-state index in [0.29, 0.717) is 6.29 Å². The minimum absolute atomic E-state index is 0.0864. The van der Waals surface area contributed by atoms with Crippen LogP contribution in [0.15, 0.2) is 11.2 Å². The number of nitrogen functional groups attached to an aromatic ring is 1. The molecule has 1 rings (SSSR count). The van der Waals surface area contributed by atoms with Crippen LogP contribution < -0.4 is 5.73 Å². The monoisotopic (exact) mass is 201 g/mol. The summed E-state index contributed by atoms with van der Waals surface area (Å²) in [6.45, 7) is 0. The van der Waals surface area contributed by atoms with Gasteiger partial charge in [0.15, 0.2) is 21.1 Å². The van der Waals surface area contributed by atoms with Gasteiger partial charge < -0.3 is 5.73 Å².